The van der Waals surface area contributed by atoms with Crippen LogP contribution in [0.5, 0.6) is 0 Å². The molecule has 3 rings (SSSR count). The average molecular weight is 341 g/mol. The molecular formula is C20H27N3O2. The number of urea groups is 1. The number of ether oxygens (including phenoxy) is 1. The van der Waals surface area contributed by atoms with Gasteiger partial charge in [-0.1, -0.05) is 43.2 Å². The fourth-order valence-electron chi connectivity index (χ4n) is 4.10. The number of carbonyl (C=O) groups excluding carboxylic acids is 1. The van der Waals surface area contributed by atoms with Gasteiger partial charge in [0.25, 0.3) is 0 Å². The minimum atomic E-state index is -0.375. The molecule has 1 aliphatic heterocycles. The molecule has 1 aliphatic carbocycles. The van der Waals surface area contributed by atoms with Crippen LogP contribution in [0.1, 0.15) is 44.1 Å². The van der Waals surface area contributed by atoms with Crippen molar-refractivity contribution in [1.29, 1.82) is 5.26 Å². The average Bonchev–Trinajstić information content (AvgIpc) is 2.61. The molecule has 1 heterocycles. The number of likely N-dealkylation sites (tertiary alicyclic amines) is 1. The van der Waals surface area contributed by atoms with E-state index in [2.05, 4.69) is 23.5 Å². The van der Waals surface area contributed by atoms with Crippen molar-refractivity contribution in [2.45, 2.75) is 50.2 Å². The molecule has 0 radical (unpaired) electrons. The second-order valence-corrected chi connectivity index (χ2v) is 7.30. The fourth-order valence-corrected chi connectivity index (χ4v) is 4.10. The Morgan fingerprint density at radius 3 is 2.80 bits per heavy atom. The monoisotopic (exact) mass is 341 g/mol. The summed E-state index contributed by atoms with van der Waals surface area (Å²) in [6.07, 6.45) is 5.91. The number of carbonyl (C=O) groups is 1. The Bertz CT molecular complexity index is 620. The minimum Gasteiger partial charge on any atom is -0.370 e. The molecule has 2 atom stereocenters. The third-order valence-electron chi connectivity index (χ3n) is 5.65. The van der Waals surface area contributed by atoms with Crippen LogP contribution in [0.4, 0.5) is 4.79 Å². The summed E-state index contributed by atoms with van der Waals surface area (Å²) in [6, 6.07) is 12.6. The summed E-state index contributed by atoms with van der Waals surface area (Å²) in [5.41, 5.74) is 0.747. The summed E-state index contributed by atoms with van der Waals surface area (Å²) in [5.74, 6) is 0.567. The molecule has 0 bridgehead atoms. The molecule has 1 N–H and O–H groups in total. The van der Waals surface area contributed by atoms with Crippen LogP contribution in [0.25, 0.3) is 0 Å². The molecule has 0 spiro atoms. The third kappa shape index (κ3) is 3.96. The Labute approximate surface area is 150 Å². The van der Waals surface area contributed by atoms with E-state index in [-0.39, 0.29) is 17.7 Å². The van der Waals surface area contributed by atoms with Crippen LogP contribution in [0, 0.1) is 17.2 Å². The smallest absolute Gasteiger partial charge is 0.317 e. The highest BCUT2D eigenvalue weighted by atomic mass is 16.5. The Morgan fingerprint density at radius 2 is 2.12 bits per heavy atom. The van der Waals surface area contributed by atoms with E-state index in [1.165, 1.54) is 6.42 Å². The van der Waals surface area contributed by atoms with Crippen LogP contribution in [-0.2, 0) is 10.3 Å². The molecule has 2 amide bonds. The molecule has 1 saturated carbocycles. The van der Waals surface area contributed by atoms with E-state index < -0.39 is 0 Å². The zero-order chi connectivity index (χ0) is 17.7. The molecule has 2 aliphatic rings. The standard InChI is InChI=1S/C20H27N3O2/c1-25-20(17-9-3-2-4-10-17)14-23(15-20)19(24)22-18-11-5-7-16(13-18)8-6-12-21/h2-4,9-10,16,18H,5-8,11,13-15H2,1H3,(H,22,24)/t16?,18-/m1/s1. The number of amides is 2. The molecule has 5 heteroatoms. The van der Waals surface area contributed by atoms with Crippen LogP contribution in [-0.4, -0.2) is 37.2 Å². The molecule has 1 saturated heterocycles. The maximum Gasteiger partial charge on any atom is 0.317 e. The van der Waals surface area contributed by atoms with Crippen molar-refractivity contribution in [1.82, 2.24) is 10.2 Å². The van der Waals surface area contributed by atoms with Crippen molar-refractivity contribution in [3.05, 3.63) is 35.9 Å². The van der Waals surface area contributed by atoms with E-state index in [1.807, 2.05) is 23.1 Å². The first-order chi connectivity index (χ1) is 12.2. The lowest BCUT2D eigenvalue weighted by atomic mass is 9.83. The second-order valence-electron chi connectivity index (χ2n) is 7.30. The van der Waals surface area contributed by atoms with Gasteiger partial charge >= 0.3 is 6.03 Å². The third-order valence-corrected chi connectivity index (χ3v) is 5.65. The topological polar surface area (TPSA) is 65.4 Å². The summed E-state index contributed by atoms with van der Waals surface area (Å²) in [5, 5.41) is 11.9. The quantitative estimate of drug-likeness (QED) is 0.892. The lowest BCUT2D eigenvalue weighted by Crippen LogP contribution is -2.65. The van der Waals surface area contributed by atoms with Gasteiger partial charge in [0, 0.05) is 19.6 Å². The lowest BCUT2D eigenvalue weighted by Gasteiger charge is -2.49. The van der Waals surface area contributed by atoms with Crippen LogP contribution >= 0.6 is 0 Å². The Kier molecular flexibility index (Phi) is 5.60. The van der Waals surface area contributed by atoms with Gasteiger partial charge in [0.1, 0.15) is 5.60 Å². The highest BCUT2D eigenvalue weighted by Crippen LogP contribution is 2.35. The Morgan fingerprint density at radius 1 is 1.36 bits per heavy atom. The molecular weight excluding hydrogens is 314 g/mol. The number of methoxy groups -OCH3 is 1. The van der Waals surface area contributed by atoms with Gasteiger partial charge in [0.2, 0.25) is 0 Å². The van der Waals surface area contributed by atoms with Gasteiger partial charge in [-0.2, -0.15) is 5.26 Å². The number of benzene rings is 1. The van der Waals surface area contributed by atoms with Crippen molar-refractivity contribution in [3.8, 4) is 6.07 Å². The van der Waals surface area contributed by atoms with E-state index in [0.29, 0.717) is 25.4 Å². The second kappa shape index (κ2) is 7.88. The molecule has 1 unspecified atom stereocenters. The summed E-state index contributed by atoms with van der Waals surface area (Å²) < 4.78 is 5.74. The van der Waals surface area contributed by atoms with Gasteiger partial charge in [-0.15, -0.1) is 0 Å². The summed E-state index contributed by atoms with van der Waals surface area (Å²) in [4.78, 5) is 14.4. The van der Waals surface area contributed by atoms with Gasteiger partial charge in [-0.05, 0) is 30.7 Å². The molecule has 1 aromatic rings. The number of hydrogen-bond donors (Lipinski definition) is 1. The maximum atomic E-state index is 12.6. The first-order valence-electron chi connectivity index (χ1n) is 9.20. The van der Waals surface area contributed by atoms with E-state index in [9.17, 15) is 4.79 Å². The summed E-state index contributed by atoms with van der Waals surface area (Å²) >= 11 is 0. The molecule has 134 valence electrons. The number of nitrogens with one attached hydrogen (secondary N) is 1. The largest absolute Gasteiger partial charge is 0.370 e. The Hall–Kier alpha value is -2.06. The lowest BCUT2D eigenvalue weighted by molar-refractivity contribution is -0.112. The normalized spacial score (nSPS) is 24.9. The highest BCUT2D eigenvalue weighted by molar-refractivity contribution is 5.76. The number of nitrogens with zero attached hydrogens (tertiary/aromatic N) is 2. The maximum absolute atomic E-state index is 12.6. The van der Waals surface area contributed by atoms with Crippen molar-refractivity contribution >= 4 is 6.03 Å². The highest BCUT2D eigenvalue weighted by Gasteiger charge is 2.47. The van der Waals surface area contributed by atoms with Gasteiger partial charge < -0.3 is 15.0 Å². The predicted octanol–water partition coefficient (Wildman–Crippen LogP) is 3.42. The number of rotatable bonds is 5. The molecule has 5 nitrogen and oxygen atoms in total. The van der Waals surface area contributed by atoms with Crippen molar-refractivity contribution < 1.29 is 9.53 Å². The molecule has 2 fully saturated rings. The van der Waals surface area contributed by atoms with E-state index in [1.54, 1.807) is 7.11 Å². The number of hydrogen-bond acceptors (Lipinski definition) is 3. The van der Waals surface area contributed by atoms with E-state index in [0.717, 1.165) is 31.2 Å². The fraction of sp³-hybridized carbons (Fsp3) is 0.600. The van der Waals surface area contributed by atoms with Crippen LogP contribution < -0.4 is 5.32 Å². The van der Waals surface area contributed by atoms with E-state index >= 15 is 0 Å². The van der Waals surface area contributed by atoms with Crippen molar-refractivity contribution in [3.63, 3.8) is 0 Å². The number of nitriles is 1. The first-order valence-corrected chi connectivity index (χ1v) is 9.20. The van der Waals surface area contributed by atoms with Crippen molar-refractivity contribution in [2.24, 2.45) is 5.92 Å². The van der Waals surface area contributed by atoms with Crippen LogP contribution in [0.15, 0.2) is 30.3 Å². The van der Waals surface area contributed by atoms with Gasteiger partial charge in [-0.3, -0.25) is 0 Å². The van der Waals surface area contributed by atoms with E-state index in [4.69, 9.17) is 10.00 Å². The zero-order valence-corrected chi connectivity index (χ0v) is 14.9. The van der Waals surface area contributed by atoms with Gasteiger partial charge in [0.05, 0.1) is 19.2 Å². The van der Waals surface area contributed by atoms with Crippen molar-refractivity contribution in [2.75, 3.05) is 20.2 Å². The van der Waals surface area contributed by atoms with Crippen LogP contribution in [0.3, 0.4) is 0 Å². The SMILES string of the molecule is COC1(c2ccccc2)CN(C(=O)N[C@@H]2CCCC(CCC#N)C2)C1. The molecule has 25 heavy (non-hydrogen) atoms. The molecule has 1 aromatic carbocycles. The Balaban J connectivity index is 1.51. The summed E-state index contributed by atoms with van der Waals surface area (Å²) in [6.45, 7) is 1.17. The van der Waals surface area contributed by atoms with Crippen LogP contribution in [0.2, 0.25) is 0 Å². The van der Waals surface area contributed by atoms with Gasteiger partial charge in [0.15, 0.2) is 0 Å². The predicted molar refractivity (Wildman–Crippen MR) is 95.8 cm³/mol. The zero-order valence-electron chi connectivity index (χ0n) is 14.9. The summed E-state index contributed by atoms with van der Waals surface area (Å²) in [7, 11) is 1.71. The molecule has 0 aromatic heterocycles. The minimum absolute atomic E-state index is 0.00883. The van der Waals surface area contributed by atoms with Gasteiger partial charge in [-0.25, -0.2) is 4.79 Å². The first kappa shape index (κ1) is 17.8.